The average Bonchev–Trinajstić information content (AvgIpc) is 2.60. The highest BCUT2D eigenvalue weighted by atomic mass is 16.5. The number of fused-ring (bicyclic) bond motifs is 1. The number of hydrogen-bond donors (Lipinski definition) is 0. The van der Waals surface area contributed by atoms with Crippen molar-refractivity contribution in [2.24, 2.45) is 0 Å². The molecular weight excluding hydrogens is 292 g/mol. The summed E-state index contributed by atoms with van der Waals surface area (Å²) < 4.78 is 4.73. The molecule has 0 aliphatic heterocycles. The lowest BCUT2D eigenvalue weighted by Gasteiger charge is -2.12. The van der Waals surface area contributed by atoms with Gasteiger partial charge in [-0.05, 0) is 42.5 Å². The predicted molar refractivity (Wildman–Crippen MR) is 88.4 cm³/mol. The van der Waals surface area contributed by atoms with Crippen molar-refractivity contribution in [1.29, 1.82) is 0 Å². The zero-order chi connectivity index (χ0) is 16.4. The van der Waals surface area contributed by atoms with Gasteiger partial charge in [-0.3, -0.25) is 0 Å². The maximum atomic E-state index is 11.6. The molecular formula is C17H16N4O2. The molecule has 0 saturated carbocycles. The molecule has 0 aliphatic rings. The smallest absolute Gasteiger partial charge is 0.337 e. The Hall–Kier alpha value is -3.02. The van der Waals surface area contributed by atoms with Crippen LogP contribution >= 0.6 is 0 Å². The van der Waals surface area contributed by atoms with E-state index in [1.165, 1.54) is 7.11 Å². The third-order valence-corrected chi connectivity index (χ3v) is 3.52. The fourth-order valence-electron chi connectivity index (χ4n) is 2.21. The summed E-state index contributed by atoms with van der Waals surface area (Å²) in [7, 11) is 5.32. The number of carbonyl (C=O) groups excluding carboxylic acids is 1. The highest BCUT2D eigenvalue weighted by molar-refractivity contribution is 5.93. The van der Waals surface area contributed by atoms with Gasteiger partial charge >= 0.3 is 5.97 Å². The largest absolute Gasteiger partial charge is 0.465 e. The molecule has 0 saturated heterocycles. The van der Waals surface area contributed by atoms with Crippen LogP contribution in [0.4, 0.5) is 5.69 Å². The molecule has 0 radical (unpaired) electrons. The van der Waals surface area contributed by atoms with Crippen LogP contribution in [-0.2, 0) is 4.74 Å². The maximum Gasteiger partial charge on any atom is 0.337 e. The van der Waals surface area contributed by atoms with Gasteiger partial charge in [-0.15, -0.1) is 10.2 Å². The van der Waals surface area contributed by atoms with Crippen molar-refractivity contribution in [1.82, 2.24) is 15.2 Å². The molecule has 0 bridgehead atoms. The molecule has 0 N–H and O–H groups in total. The topological polar surface area (TPSA) is 68.2 Å². The molecule has 0 atom stereocenters. The van der Waals surface area contributed by atoms with Gasteiger partial charge in [-0.1, -0.05) is 0 Å². The molecule has 0 unspecified atom stereocenters. The number of ether oxygens (including phenoxy) is 1. The fourth-order valence-corrected chi connectivity index (χ4v) is 2.21. The van der Waals surface area contributed by atoms with Gasteiger partial charge < -0.3 is 9.64 Å². The minimum absolute atomic E-state index is 0.401. The number of aromatic nitrogens is 3. The average molecular weight is 308 g/mol. The molecule has 0 spiro atoms. The lowest BCUT2D eigenvalue weighted by molar-refractivity contribution is 0.0601. The van der Waals surface area contributed by atoms with E-state index in [4.69, 9.17) is 4.74 Å². The highest BCUT2D eigenvalue weighted by Gasteiger charge is 2.09. The van der Waals surface area contributed by atoms with Gasteiger partial charge in [0.25, 0.3) is 0 Å². The summed E-state index contributed by atoms with van der Waals surface area (Å²) in [6.07, 6.45) is 0. The third-order valence-electron chi connectivity index (χ3n) is 3.52. The van der Waals surface area contributed by atoms with Gasteiger partial charge in [-0.25, -0.2) is 9.78 Å². The summed E-state index contributed by atoms with van der Waals surface area (Å²) in [5, 5.41) is 8.32. The molecule has 2 aromatic carbocycles. The minimum Gasteiger partial charge on any atom is -0.465 e. The molecule has 23 heavy (non-hydrogen) atoms. The van der Waals surface area contributed by atoms with E-state index in [1.54, 1.807) is 18.2 Å². The lowest BCUT2D eigenvalue weighted by atomic mass is 10.1. The Morgan fingerprint density at radius 1 is 1.00 bits per heavy atom. The zero-order valence-electron chi connectivity index (χ0n) is 13.1. The van der Waals surface area contributed by atoms with Gasteiger partial charge in [0.05, 0.1) is 18.2 Å². The first kappa shape index (κ1) is 14.9. The van der Waals surface area contributed by atoms with Crippen LogP contribution < -0.4 is 4.90 Å². The van der Waals surface area contributed by atoms with Crippen molar-refractivity contribution in [2.45, 2.75) is 0 Å². The Morgan fingerprint density at radius 3 is 2.39 bits per heavy atom. The van der Waals surface area contributed by atoms with Crippen molar-refractivity contribution < 1.29 is 9.53 Å². The SMILES string of the molecule is COC(=O)c1ccc2nnc(-c3ccc(N(C)C)cc3)nc2c1. The first-order valence-electron chi connectivity index (χ1n) is 7.09. The molecule has 3 aromatic rings. The number of hydrogen-bond acceptors (Lipinski definition) is 6. The van der Waals surface area contributed by atoms with Crippen LogP contribution in [0.3, 0.4) is 0 Å². The van der Waals surface area contributed by atoms with E-state index in [9.17, 15) is 4.79 Å². The molecule has 6 heteroatoms. The quantitative estimate of drug-likeness (QED) is 0.693. The molecule has 0 aliphatic carbocycles. The van der Waals surface area contributed by atoms with E-state index in [1.807, 2.05) is 43.3 Å². The minimum atomic E-state index is -0.401. The van der Waals surface area contributed by atoms with Crippen molar-refractivity contribution in [3.05, 3.63) is 48.0 Å². The molecule has 116 valence electrons. The van der Waals surface area contributed by atoms with Gasteiger partial charge in [0, 0.05) is 25.3 Å². The van der Waals surface area contributed by atoms with Crippen LogP contribution in [0.2, 0.25) is 0 Å². The second kappa shape index (κ2) is 6.00. The van der Waals surface area contributed by atoms with Crippen LogP contribution in [-0.4, -0.2) is 42.4 Å². The first-order chi connectivity index (χ1) is 11.1. The number of nitrogens with zero attached hydrogens (tertiary/aromatic N) is 4. The molecule has 0 fully saturated rings. The van der Waals surface area contributed by atoms with Crippen molar-refractivity contribution in [3.8, 4) is 11.4 Å². The van der Waals surface area contributed by atoms with Gasteiger partial charge in [0.15, 0.2) is 5.82 Å². The van der Waals surface area contributed by atoms with Crippen LogP contribution in [0.5, 0.6) is 0 Å². The van der Waals surface area contributed by atoms with Crippen molar-refractivity contribution >= 4 is 22.7 Å². The van der Waals surface area contributed by atoms with E-state index in [-0.39, 0.29) is 0 Å². The standard InChI is InChI=1S/C17H16N4O2/c1-21(2)13-7-4-11(5-8-13)16-18-15-10-12(17(22)23-3)6-9-14(15)19-20-16/h4-10H,1-3H3. The van der Waals surface area contributed by atoms with Crippen LogP contribution in [0.15, 0.2) is 42.5 Å². The fraction of sp³-hybridized carbons (Fsp3) is 0.176. The number of rotatable bonds is 3. The van der Waals surface area contributed by atoms with E-state index in [2.05, 4.69) is 15.2 Å². The zero-order valence-corrected chi connectivity index (χ0v) is 13.1. The van der Waals surface area contributed by atoms with E-state index >= 15 is 0 Å². The molecule has 3 rings (SSSR count). The monoisotopic (exact) mass is 308 g/mol. The third kappa shape index (κ3) is 2.96. The van der Waals surface area contributed by atoms with Crippen LogP contribution in [0.1, 0.15) is 10.4 Å². The van der Waals surface area contributed by atoms with E-state index < -0.39 is 5.97 Å². The Kier molecular flexibility index (Phi) is 3.89. The molecule has 1 aromatic heterocycles. The lowest BCUT2D eigenvalue weighted by Crippen LogP contribution is -2.08. The Balaban J connectivity index is 2.02. The highest BCUT2D eigenvalue weighted by Crippen LogP contribution is 2.21. The van der Waals surface area contributed by atoms with E-state index in [0.29, 0.717) is 22.4 Å². The molecule has 6 nitrogen and oxygen atoms in total. The van der Waals surface area contributed by atoms with Crippen molar-refractivity contribution in [2.75, 3.05) is 26.1 Å². The summed E-state index contributed by atoms with van der Waals surface area (Å²) in [6.45, 7) is 0. The number of methoxy groups -OCH3 is 1. The summed E-state index contributed by atoms with van der Waals surface area (Å²) in [5.74, 6) is 0.118. The Morgan fingerprint density at radius 2 is 1.74 bits per heavy atom. The van der Waals surface area contributed by atoms with E-state index in [0.717, 1.165) is 11.3 Å². The normalized spacial score (nSPS) is 10.6. The number of carbonyl (C=O) groups is 1. The van der Waals surface area contributed by atoms with Gasteiger partial charge in [0.1, 0.15) is 5.52 Å². The Labute approximate surface area is 133 Å². The number of esters is 1. The maximum absolute atomic E-state index is 11.6. The predicted octanol–water partition coefficient (Wildman–Crippen LogP) is 2.54. The summed E-state index contributed by atoms with van der Waals surface area (Å²) in [5.41, 5.74) is 3.64. The van der Waals surface area contributed by atoms with Gasteiger partial charge in [0.2, 0.25) is 0 Å². The van der Waals surface area contributed by atoms with Crippen molar-refractivity contribution in [3.63, 3.8) is 0 Å². The van der Waals surface area contributed by atoms with Gasteiger partial charge in [-0.2, -0.15) is 0 Å². The molecule has 0 amide bonds. The first-order valence-corrected chi connectivity index (χ1v) is 7.09. The molecule has 1 heterocycles. The second-order valence-electron chi connectivity index (χ2n) is 5.27. The summed E-state index contributed by atoms with van der Waals surface area (Å²) >= 11 is 0. The summed E-state index contributed by atoms with van der Waals surface area (Å²) in [4.78, 5) is 18.1. The van der Waals surface area contributed by atoms with Crippen LogP contribution in [0.25, 0.3) is 22.4 Å². The summed E-state index contributed by atoms with van der Waals surface area (Å²) in [6, 6.07) is 12.9. The second-order valence-corrected chi connectivity index (χ2v) is 5.27. The number of benzene rings is 2. The Bertz CT molecular complexity index is 860. The van der Waals surface area contributed by atoms with Crippen LogP contribution in [0, 0.1) is 0 Å². The number of anilines is 1.